The number of hydrogen-bond acceptors (Lipinski definition) is 7. The van der Waals surface area contributed by atoms with Gasteiger partial charge in [-0.05, 0) is 24.6 Å². The highest BCUT2D eigenvalue weighted by Gasteiger charge is 2.26. The van der Waals surface area contributed by atoms with Gasteiger partial charge in [0.25, 0.3) is 0 Å². The summed E-state index contributed by atoms with van der Waals surface area (Å²) < 4.78 is 23.1. The quantitative estimate of drug-likeness (QED) is 0.458. The van der Waals surface area contributed by atoms with Gasteiger partial charge in [-0.25, -0.2) is 19.0 Å². The van der Waals surface area contributed by atoms with Crippen molar-refractivity contribution < 1.29 is 9.13 Å². The number of nitrogens with zero attached hydrogens (tertiary/aromatic N) is 6. The molecule has 1 aromatic carbocycles. The molecule has 0 bridgehead atoms. The molecule has 0 spiro atoms. The molecule has 0 aliphatic carbocycles. The van der Waals surface area contributed by atoms with E-state index in [2.05, 4.69) is 25.5 Å². The highest BCUT2D eigenvalue weighted by atomic mass is 19.1. The number of aryl methyl sites for hydroxylation is 1. The van der Waals surface area contributed by atoms with Crippen molar-refractivity contribution in [3.8, 4) is 22.8 Å². The molecule has 4 aromatic rings. The topological polar surface area (TPSA) is 99.8 Å². The fourth-order valence-electron chi connectivity index (χ4n) is 4.13. The number of benzene rings is 1. The Bertz CT molecular complexity index is 1370. The third kappa shape index (κ3) is 4.97. The molecule has 1 N–H and O–H groups in total. The zero-order valence-corrected chi connectivity index (χ0v) is 19.5. The average molecular weight is 476 g/mol. The van der Waals surface area contributed by atoms with E-state index < -0.39 is 12.3 Å². The molecular formula is C25H26FN7O2. The normalized spacial score (nSPS) is 18.8. The lowest BCUT2D eigenvalue weighted by Crippen LogP contribution is -2.44. The zero-order chi connectivity index (χ0) is 24.4. The summed E-state index contributed by atoms with van der Waals surface area (Å²) >= 11 is 0. The van der Waals surface area contributed by atoms with Crippen LogP contribution in [0, 0.1) is 0 Å². The van der Waals surface area contributed by atoms with Gasteiger partial charge in [0.2, 0.25) is 5.43 Å². The maximum absolute atomic E-state index is 14.0. The highest BCUT2D eigenvalue weighted by Crippen LogP contribution is 2.26. The Hall–Kier alpha value is -3.92. The Morgan fingerprint density at radius 2 is 2.03 bits per heavy atom. The summed E-state index contributed by atoms with van der Waals surface area (Å²) in [6.07, 6.45) is 7.33. The van der Waals surface area contributed by atoms with Crippen LogP contribution in [0.4, 0.5) is 4.39 Å². The molecule has 3 aromatic heterocycles. The van der Waals surface area contributed by atoms with E-state index in [0.717, 1.165) is 23.4 Å². The van der Waals surface area contributed by atoms with E-state index in [9.17, 15) is 9.18 Å². The van der Waals surface area contributed by atoms with E-state index in [4.69, 9.17) is 4.74 Å². The van der Waals surface area contributed by atoms with Gasteiger partial charge in [0, 0.05) is 37.3 Å². The number of piperidine rings is 1. The molecule has 4 heterocycles. The van der Waals surface area contributed by atoms with E-state index in [-0.39, 0.29) is 17.9 Å². The third-order valence-electron chi connectivity index (χ3n) is 6.11. The summed E-state index contributed by atoms with van der Waals surface area (Å²) in [6, 6.07) is 9.23. The molecule has 1 unspecified atom stereocenters. The van der Waals surface area contributed by atoms with E-state index in [1.165, 1.54) is 6.07 Å². The molecule has 1 fully saturated rings. The van der Waals surface area contributed by atoms with Crippen LogP contribution in [0.15, 0.2) is 66.1 Å². The molecule has 1 aliphatic rings. The van der Waals surface area contributed by atoms with Crippen LogP contribution >= 0.6 is 0 Å². The number of halogens is 1. The van der Waals surface area contributed by atoms with Crippen molar-refractivity contribution in [2.75, 3.05) is 13.1 Å². The Morgan fingerprint density at radius 3 is 2.77 bits per heavy atom. The SMILES string of the molecule is CC(c1cccc(-c2ncc(O[C@H]3CCNC[C@@H]3F)cn2)c1)c1nn(-c2cnn(C)c2)ccc1=O. The van der Waals surface area contributed by atoms with Gasteiger partial charge in [0.15, 0.2) is 11.6 Å². The van der Waals surface area contributed by atoms with Crippen molar-refractivity contribution in [2.24, 2.45) is 7.05 Å². The van der Waals surface area contributed by atoms with Crippen molar-refractivity contribution in [1.29, 1.82) is 0 Å². The van der Waals surface area contributed by atoms with Crippen LogP contribution in [-0.2, 0) is 7.05 Å². The van der Waals surface area contributed by atoms with E-state index in [1.807, 2.05) is 44.4 Å². The Labute approximate surface area is 201 Å². The van der Waals surface area contributed by atoms with Crippen LogP contribution in [-0.4, -0.2) is 54.9 Å². The summed E-state index contributed by atoms with van der Waals surface area (Å²) in [4.78, 5) is 21.5. The second-order valence-corrected chi connectivity index (χ2v) is 8.64. The average Bonchev–Trinajstić information content (AvgIpc) is 3.32. The minimum Gasteiger partial charge on any atom is -0.484 e. The second kappa shape index (κ2) is 9.75. The Kier molecular flexibility index (Phi) is 6.37. The first kappa shape index (κ1) is 22.9. The lowest BCUT2D eigenvalue weighted by Gasteiger charge is -2.27. The minimum atomic E-state index is -1.06. The third-order valence-corrected chi connectivity index (χ3v) is 6.11. The summed E-state index contributed by atoms with van der Waals surface area (Å²) in [5, 5.41) is 11.8. The second-order valence-electron chi connectivity index (χ2n) is 8.64. The summed E-state index contributed by atoms with van der Waals surface area (Å²) in [7, 11) is 1.83. The fraction of sp³-hybridized carbons (Fsp3) is 0.320. The minimum absolute atomic E-state index is 0.134. The van der Waals surface area contributed by atoms with Crippen LogP contribution in [0.25, 0.3) is 17.1 Å². The van der Waals surface area contributed by atoms with Gasteiger partial charge >= 0.3 is 0 Å². The fourth-order valence-corrected chi connectivity index (χ4v) is 4.13. The summed E-state index contributed by atoms with van der Waals surface area (Å²) in [5.74, 6) is 0.704. The van der Waals surface area contributed by atoms with Gasteiger partial charge in [-0.2, -0.15) is 10.2 Å². The molecule has 10 heteroatoms. The summed E-state index contributed by atoms with van der Waals surface area (Å²) in [6.45, 7) is 2.96. The lowest BCUT2D eigenvalue weighted by atomic mass is 9.95. The molecule has 5 rings (SSSR count). The first-order valence-electron chi connectivity index (χ1n) is 11.5. The number of nitrogens with one attached hydrogen (secondary N) is 1. The monoisotopic (exact) mass is 475 g/mol. The zero-order valence-electron chi connectivity index (χ0n) is 19.5. The van der Waals surface area contributed by atoms with Crippen molar-refractivity contribution in [2.45, 2.75) is 31.5 Å². The molecule has 9 nitrogen and oxygen atoms in total. The van der Waals surface area contributed by atoms with Gasteiger partial charge in [-0.15, -0.1) is 0 Å². The van der Waals surface area contributed by atoms with E-state index >= 15 is 0 Å². The predicted molar refractivity (Wildman–Crippen MR) is 128 cm³/mol. The number of rotatable bonds is 6. The molecule has 3 atom stereocenters. The van der Waals surface area contributed by atoms with Gasteiger partial charge in [-0.1, -0.05) is 25.1 Å². The molecule has 0 radical (unpaired) electrons. The largest absolute Gasteiger partial charge is 0.484 e. The molecule has 1 aliphatic heterocycles. The van der Waals surface area contributed by atoms with Crippen molar-refractivity contribution in [1.82, 2.24) is 34.8 Å². The number of hydrogen-bond donors (Lipinski definition) is 1. The van der Waals surface area contributed by atoms with Gasteiger partial charge in [-0.3, -0.25) is 9.48 Å². The van der Waals surface area contributed by atoms with Crippen LogP contribution in [0.5, 0.6) is 5.75 Å². The number of ether oxygens (including phenoxy) is 1. The van der Waals surface area contributed by atoms with Crippen molar-refractivity contribution in [3.63, 3.8) is 0 Å². The number of alkyl halides is 1. The van der Waals surface area contributed by atoms with Gasteiger partial charge in [0.05, 0.1) is 24.8 Å². The summed E-state index contributed by atoms with van der Waals surface area (Å²) in [5.41, 5.74) is 2.78. The molecule has 180 valence electrons. The molecule has 1 saturated heterocycles. The Morgan fingerprint density at radius 1 is 1.20 bits per heavy atom. The van der Waals surface area contributed by atoms with E-state index in [0.29, 0.717) is 23.7 Å². The first-order valence-corrected chi connectivity index (χ1v) is 11.5. The van der Waals surface area contributed by atoms with E-state index in [1.54, 1.807) is 34.2 Å². The van der Waals surface area contributed by atoms with Crippen LogP contribution in [0.1, 0.15) is 30.5 Å². The van der Waals surface area contributed by atoms with Gasteiger partial charge in [0.1, 0.15) is 23.7 Å². The smallest absolute Gasteiger partial charge is 0.203 e. The lowest BCUT2D eigenvalue weighted by molar-refractivity contribution is 0.0725. The van der Waals surface area contributed by atoms with Crippen LogP contribution < -0.4 is 15.5 Å². The first-order chi connectivity index (χ1) is 17.0. The van der Waals surface area contributed by atoms with Crippen molar-refractivity contribution >= 4 is 0 Å². The standard InChI is InChI=1S/C25H26FN7O2/c1-16(24-22(34)7-9-33(31-24)19-11-30-32(2)15-19)17-4-3-5-18(10-17)25-28-12-20(13-29-25)35-23-6-8-27-14-21(23)26/h3-5,7,9-13,15-16,21,23,27H,6,8,14H2,1-2H3/t16?,21-,23-/m0/s1. The van der Waals surface area contributed by atoms with Crippen molar-refractivity contribution in [3.05, 3.63) is 82.8 Å². The van der Waals surface area contributed by atoms with Crippen LogP contribution in [0.2, 0.25) is 0 Å². The Balaban J connectivity index is 1.37. The maximum Gasteiger partial charge on any atom is 0.203 e. The number of aromatic nitrogens is 6. The maximum atomic E-state index is 14.0. The molecule has 0 saturated carbocycles. The molecule has 0 amide bonds. The van der Waals surface area contributed by atoms with Gasteiger partial charge < -0.3 is 10.1 Å². The predicted octanol–water partition coefficient (Wildman–Crippen LogP) is 2.65. The van der Waals surface area contributed by atoms with Crippen LogP contribution in [0.3, 0.4) is 0 Å². The highest BCUT2D eigenvalue weighted by molar-refractivity contribution is 5.57. The molecule has 35 heavy (non-hydrogen) atoms. The molecular weight excluding hydrogens is 449 g/mol.